The summed E-state index contributed by atoms with van der Waals surface area (Å²) in [5.74, 6) is 0.523. The number of alkyl halides is 1. The predicted octanol–water partition coefficient (Wildman–Crippen LogP) is 5.79. The highest BCUT2D eigenvalue weighted by Gasteiger charge is 2.43. The molecule has 6 nitrogen and oxygen atoms in total. The average Bonchev–Trinajstić information content (AvgIpc) is 3.22. The zero-order valence-electron chi connectivity index (χ0n) is 19.2. The summed E-state index contributed by atoms with van der Waals surface area (Å²) in [7, 11) is 1.72. The van der Waals surface area contributed by atoms with Crippen LogP contribution in [0.3, 0.4) is 0 Å². The molecule has 0 aromatic heterocycles. The Morgan fingerprint density at radius 3 is 2.63 bits per heavy atom. The van der Waals surface area contributed by atoms with Gasteiger partial charge in [0, 0.05) is 30.2 Å². The van der Waals surface area contributed by atoms with Gasteiger partial charge in [0.1, 0.15) is 5.75 Å². The Morgan fingerprint density at radius 1 is 1.14 bits per heavy atom. The number of hydrogen-bond donors (Lipinski definition) is 0. The molecule has 0 bridgehead atoms. The van der Waals surface area contributed by atoms with Gasteiger partial charge in [-0.1, -0.05) is 83.3 Å². The lowest BCUT2D eigenvalue weighted by atomic mass is 9.95. The molecule has 2 aromatic carbocycles. The van der Waals surface area contributed by atoms with Crippen molar-refractivity contribution in [3.63, 3.8) is 0 Å². The number of halogens is 2. The Morgan fingerprint density at radius 2 is 1.89 bits per heavy atom. The minimum Gasteiger partial charge on any atom is -0.461 e. The minimum absolute atomic E-state index is 0.0581. The van der Waals surface area contributed by atoms with Crippen LogP contribution in [0.25, 0.3) is 0 Å². The van der Waals surface area contributed by atoms with Crippen molar-refractivity contribution in [2.24, 2.45) is 5.10 Å². The Balaban J connectivity index is 1.48. The van der Waals surface area contributed by atoms with Crippen LogP contribution in [0.15, 0.2) is 89.6 Å². The third-order valence-electron chi connectivity index (χ3n) is 6.24. The van der Waals surface area contributed by atoms with Gasteiger partial charge in [-0.2, -0.15) is 5.10 Å². The zero-order chi connectivity index (χ0) is 24.7. The number of ether oxygens (including phenoxy) is 1. The molecule has 0 fully saturated rings. The fraction of sp³-hybridized carbons (Fsp3) is 0.222. The van der Waals surface area contributed by atoms with Crippen LogP contribution in [0.1, 0.15) is 40.9 Å². The predicted molar refractivity (Wildman–Crippen MR) is 153 cm³/mol. The molecule has 3 atom stereocenters. The number of para-hydroxylation sites is 1. The lowest BCUT2D eigenvalue weighted by Gasteiger charge is -2.37. The van der Waals surface area contributed by atoms with Gasteiger partial charge in [0.25, 0.3) is 12.1 Å². The molecule has 2 aliphatic heterocycles. The molecule has 3 aliphatic rings. The Bertz CT molecular complexity index is 1310. The number of ketones is 1. The maximum atomic E-state index is 13.7. The molecule has 1 aliphatic carbocycles. The van der Waals surface area contributed by atoms with Gasteiger partial charge in [-0.25, -0.2) is 5.01 Å². The monoisotopic (exact) mass is 691 g/mol. The zero-order valence-corrected chi connectivity index (χ0v) is 23.5. The maximum Gasteiger partial charge on any atom is 0.262 e. The average molecular weight is 691 g/mol. The van der Waals surface area contributed by atoms with Gasteiger partial charge in [-0.3, -0.25) is 12.7 Å². The van der Waals surface area contributed by atoms with Gasteiger partial charge in [-0.15, -0.1) is 0 Å². The molecule has 35 heavy (non-hydrogen) atoms. The molecular formula is C27H23I2N3O3. The van der Waals surface area contributed by atoms with E-state index in [1.54, 1.807) is 12.1 Å². The number of carbonyl (C=O) groups excluding carboxylic acids is 2. The molecule has 2 heterocycles. The van der Waals surface area contributed by atoms with Crippen molar-refractivity contribution in [3.8, 4) is 5.75 Å². The molecular weight excluding hydrogens is 668 g/mol. The van der Waals surface area contributed by atoms with Gasteiger partial charge < -0.3 is 4.74 Å². The first kappa shape index (κ1) is 24.2. The molecule has 0 saturated heterocycles. The molecule has 2 aromatic rings. The Hall–Kier alpha value is -2.47. The van der Waals surface area contributed by atoms with Crippen LogP contribution in [0.2, 0.25) is 0 Å². The molecule has 8 heteroatoms. The second-order valence-electron chi connectivity index (χ2n) is 8.84. The van der Waals surface area contributed by atoms with E-state index in [0.717, 1.165) is 16.8 Å². The summed E-state index contributed by atoms with van der Waals surface area (Å²) in [4.78, 5) is 25.9. The number of hydrogen-bond acceptors (Lipinski definition) is 5. The van der Waals surface area contributed by atoms with Crippen LogP contribution < -0.4 is 4.74 Å². The van der Waals surface area contributed by atoms with E-state index in [-0.39, 0.29) is 21.2 Å². The molecule has 178 valence electrons. The SMILES string of the molecule is CN(I)C(=O)c1ccc(C2=NN3C(C(=O)C4=CC=CC(C)(I)C=C4)Oc4ccccc4C3C2)cc1. The van der Waals surface area contributed by atoms with Crippen molar-refractivity contribution in [1.29, 1.82) is 0 Å². The topological polar surface area (TPSA) is 62.2 Å². The molecule has 0 N–H and O–H groups in total. The van der Waals surface area contributed by atoms with Gasteiger partial charge in [0.05, 0.1) is 38.0 Å². The first-order valence-electron chi connectivity index (χ1n) is 11.2. The summed E-state index contributed by atoms with van der Waals surface area (Å²) in [6.45, 7) is 2.08. The van der Waals surface area contributed by atoms with Crippen LogP contribution in [0.5, 0.6) is 5.75 Å². The Kier molecular flexibility index (Phi) is 6.60. The highest BCUT2D eigenvalue weighted by Crippen LogP contribution is 2.43. The van der Waals surface area contributed by atoms with Crippen LogP contribution in [-0.4, -0.2) is 42.2 Å². The standard InChI is InChI=1S/C27H23I2N3O3/c1-27(28)14-5-6-18(13-15-27)24(33)26-32-22(20-7-3-4-8-23(20)35-26)16-21(30-32)17-9-11-19(12-10-17)25(34)31(2)29/h3-15,22,26H,16H2,1-2H3. The van der Waals surface area contributed by atoms with Crippen LogP contribution in [0.4, 0.5) is 0 Å². The van der Waals surface area contributed by atoms with E-state index in [4.69, 9.17) is 9.84 Å². The van der Waals surface area contributed by atoms with Crippen molar-refractivity contribution in [1.82, 2.24) is 8.12 Å². The highest BCUT2D eigenvalue weighted by atomic mass is 127. The van der Waals surface area contributed by atoms with Gasteiger partial charge in [0.2, 0.25) is 5.78 Å². The smallest absolute Gasteiger partial charge is 0.262 e. The summed E-state index contributed by atoms with van der Waals surface area (Å²) in [5.41, 5.74) is 4.00. The number of Topliss-reactive ketones (excluding diaryl/α,β-unsaturated/α-hetero) is 1. The molecule has 0 saturated carbocycles. The van der Waals surface area contributed by atoms with Crippen molar-refractivity contribution in [3.05, 3.63) is 101 Å². The molecule has 0 spiro atoms. The minimum atomic E-state index is -0.858. The van der Waals surface area contributed by atoms with Crippen LogP contribution >= 0.6 is 45.5 Å². The lowest BCUT2D eigenvalue weighted by Crippen LogP contribution is -2.46. The Labute approximate surface area is 232 Å². The van der Waals surface area contributed by atoms with Gasteiger partial charge in [0.15, 0.2) is 0 Å². The summed E-state index contributed by atoms with van der Waals surface area (Å²) in [5, 5.41) is 6.67. The molecule has 5 rings (SSSR count). The third-order valence-corrected chi connectivity index (χ3v) is 7.40. The molecule has 0 radical (unpaired) electrons. The molecule has 1 amide bonds. The van der Waals surface area contributed by atoms with Crippen molar-refractivity contribution in [2.75, 3.05) is 7.05 Å². The number of hydrazone groups is 1. The lowest BCUT2D eigenvalue weighted by molar-refractivity contribution is -0.133. The summed E-state index contributed by atoms with van der Waals surface area (Å²) < 4.78 is 7.60. The number of carbonyl (C=O) groups is 2. The summed E-state index contributed by atoms with van der Waals surface area (Å²) in [6, 6.07) is 15.2. The van der Waals surface area contributed by atoms with E-state index in [1.807, 2.05) is 95.7 Å². The number of fused-ring (bicyclic) bond motifs is 3. The largest absolute Gasteiger partial charge is 0.461 e. The fourth-order valence-corrected chi connectivity index (χ4v) is 5.04. The number of benzene rings is 2. The van der Waals surface area contributed by atoms with E-state index in [0.29, 0.717) is 23.3 Å². The third kappa shape index (κ3) is 4.82. The van der Waals surface area contributed by atoms with E-state index >= 15 is 0 Å². The normalized spacial score (nSPS) is 24.5. The first-order valence-corrected chi connectivity index (χ1v) is 13.3. The van der Waals surface area contributed by atoms with Crippen LogP contribution in [-0.2, 0) is 4.79 Å². The fourth-order valence-electron chi connectivity index (χ4n) is 4.38. The van der Waals surface area contributed by atoms with E-state index in [9.17, 15) is 9.59 Å². The van der Waals surface area contributed by atoms with Crippen LogP contribution in [0, 0.1) is 0 Å². The first-order chi connectivity index (χ1) is 16.7. The van der Waals surface area contributed by atoms with E-state index in [2.05, 4.69) is 35.6 Å². The van der Waals surface area contributed by atoms with E-state index in [1.165, 1.54) is 3.11 Å². The number of amides is 1. The summed E-state index contributed by atoms with van der Waals surface area (Å²) in [6.07, 6.45) is 9.48. The number of allylic oxidation sites excluding steroid dienone is 5. The molecule has 3 unspecified atom stereocenters. The number of rotatable bonds is 4. The van der Waals surface area contributed by atoms with E-state index < -0.39 is 6.23 Å². The number of nitrogens with zero attached hydrogens (tertiary/aromatic N) is 3. The summed E-state index contributed by atoms with van der Waals surface area (Å²) >= 11 is 4.31. The van der Waals surface area contributed by atoms with Crippen molar-refractivity contribution in [2.45, 2.75) is 29.0 Å². The van der Waals surface area contributed by atoms with Crippen molar-refractivity contribution >= 4 is 62.9 Å². The van der Waals surface area contributed by atoms with Gasteiger partial charge >= 0.3 is 0 Å². The second-order valence-corrected chi connectivity index (χ2v) is 12.6. The quantitative estimate of drug-likeness (QED) is 0.232. The second kappa shape index (κ2) is 9.53. The van der Waals surface area contributed by atoms with Crippen molar-refractivity contribution < 1.29 is 14.3 Å². The van der Waals surface area contributed by atoms with Gasteiger partial charge in [-0.05, 0) is 30.7 Å². The maximum absolute atomic E-state index is 13.7. The highest BCUT2D eigenvalue weighted by molar-refractivity contribution is 14.1.